The number of benzene rings is 1. The summed E-state index contributed by atoms with van der Waals surface area (Å²) in [5.74, 6) is 0.303. The van der Waals surface area contributed by atoms with E-state index < -0.39 is 16.1 Å². The SMILES string of the molecule is Cc1oc(S(=O)(=O)NC(=O)Nc2c3c(cc4c2CCC4)CCC3)cc1CO. The highest BCUT2D eigenvalue weighted by atomic mass is 32.2. The second-order valence-electron chi connectivity index (χ2n) is 7.10. The molecule has 0 bridgehead atoms. The number of furan rings is 1. The molecule has 144 valence electrons. The van der Waals surface area contributed by atoms with Crippen molar-refractivity contribution in [3.05, 3.63) is 45.7 Å². The molecule has 0 unspecified atom stereocenters. The van der Waals surface area contributed by atoms with Gasteiger partial charge in [0.05, 0.1) is 6.61 Å². The Hall–Kier alpha value is -2.32. The molecule has 0 saturated carbocycles. The van der Waals surface area contributed by atoms with Gasteiger partial charge in [0.15, 0.2) is 0 Å². The van der Waals surface area contributed by atoms with E-state index in [2.05, 4.69) is 11.4 Å². The monoisotopic (exact) mass is 390 g/mol. The van der Waals surface area contributed by atoms with Crippen LogP contribution in [0.15, 0.2) is 21.6 Å². The van der Waals surface area contributed by atoms with Crippen LogP contribution < -0.4 is 10.0 Å². The number of aliphatic hydroxyl groups excluding tert-OH is 1. The predicted octanol–water partition coefficient (Wildman–Crippen LogP) is 2.57. The Kier molecular flexibility index (Phi) is 4.47. The molecular formula is C19H22N2O5S. The number of fused-ring (bicyclic) bond motifs is 2. The highest BCUT2D eigenvalue weighted by Gasteiger charge is 2.27. The second kappa shape index (κ2) is 6.69. The van der Waals surface area contributed by atoms with Gasteiger partial charge in [0.25, 0.3) is 10.0 Å². The van der Waals surface area contributed by atoms with E-state index in [4.69, 9.17) is 4.42 Å². The molecule has 0 aliphatic heterocycles. The maximum atomic E-state index is 12.5. The molecule has 2 amide bonds. The van der Waals surface area contributed by atoms with Crippen LogP contribution in [0.5, 0.6) is 0 Å². The summed E-state index contributed by atoms with van der Waals surface area (Å²) in [6.07, 6.45) is 5.86. The molecule has 0 radical (unpaired) electrons. The van der Waals surface area contributed by atoms with Crippen LogP contribution in [-0.2, 0) is 42.3 Å². The number of anilines is 1. The molecule has 4 rings (SSSR count). The van der Waals surface area contributed by atoms with E-state index in [9.17, 15) is 18.3 Å². The van der Waals surface area contributed by atoms with Gasteiger partial charge in [-0.3, -0.25) is 0 Å². The highest BCUT2D eigenvalue weighted by molar-refractivity contribution is 7.89. The molecule has 1 aromatic carbocycles. The summed E-state index contributed by atoms with van der Waals surface area (Å²) in [5.41, 5.74) is 5.90. The van der Waals surface area contributed by atoms with Crippen LogP contribution in [0.25, 0.3) is 0 Å². The van der Waals surface area contributed by atoms with Crippen molar-refractivity contribution in [1.82, 2.24) is 4.72 Å². The van der Waals surface area contributed by atoms with Crippen LogP contribution >= 0.6 is 0 Å². The van der Waals surface area contributed by atoms with Crippen LogP contribution in [0.1, 0.15) is 46.4 Å². The zero-order valence-electron chi connectivity index (χ0n) is 15.1. The largest absolute Gasteiger partial charge is 0.448 e. The number of hydrogen-bond acceptors (Lipinski definition) is 5. The molecule has 8 heteroatoms. The number of amides is 2. The summed E-state index contributed by atoms with van der Waals surface area (Å²) in [4.78, 5) is 12.5. The molecule has 2 aliphatic carbocycles. The van der Waals surface area contributed by atoms with Crippen LogP contribution in [0.4, 0.5) is 10.5 Å². The lowest BCUT2D eigenvalue weighted by Gasteiger charge is -2.16. The van der Waals surface area contributed by atoms with Gasteiger partial charge < -0.3 is 14.8 Å². The van der Waals surface area contributed by atoms with Crippen molar-refractivity contribution in [3.8, 4) is 0 Å². The van der Waals surface area contributed by atoms with Gasteiger partial charge in [0.2, 0.25) is 5.09 Å². The van der Waals surface area contributed by atoms with Crippen molar-refractivity contribution in [2.45, 2.75) is 57.1 Å². The Morgan fingerprint density at radius 3 is 2.30 bits per heavy atom. The number of rotatable bonds is 4. The highest BCUT2D eigenvalue weighted by Crippen LogP contribution is 2.38. The van der Waals surface area contributed by atoms with E-state index >= 15 is 0 Å². The quantitative estimate of drug-likeness (QED) is 0.743. The number of aryl methyl sites for hydroxylation is 3. The first-order chi connectivity index (χ1) is 12.9. The van der Waals surface area contributed by atoms with Crippen molar-refractivity contribution in [3.63, 3.8) is 0 Å². The molecule has 0 atom stereocenters. The summed E-state index contributed by atoms with van der Waals surface area (Å²) in [5, 5.41) is 11.6. The third-order valence-electron chi connectivity index (χ3n) is 5.37. The average Bonchev–Trinajstić information content (AvgIpc) is 3.32. The molecular weight excluding hydrogens is 368 g/mol. The van der Waals surface area contributed by atoms with Gasteiger partial charge in [-0.1, -0.05) is 6.07 Å². The number of carbonyl (C=O) groups excluding carboxylic acids is 1. The van der Waals surface area contributed by atoms with E-state index in [0.29, 0.717) is 11.3 Å². The maximum Gasteiger partial charge on any atom is 0.333 e. The van der Waals surface area contributed by atoms with Crippen molar-refractivity contribution in [2.75, 3.05) is 5.32 Å². The van der Waals surface area contributed by atoms with E-state index in [1.807, 2.05) is 4.72 Å². The van der Waals surface area contributed by atoms with Gasteiger partial charge in [0.1, 0.15) is 5.76 Å². The summed E-state index contributed by atoms with van der Waals surface area (Å²) >= 11 is 0. The first-order valence-corrected chi connectivity index (χ1v) is 10.6. The molecule has 1 heterocycles. The van der Waals surface area contributed by atoms with Gasteiger partial charge in [-0.25, -0.2) is 9.52 Å². The smallest absolute Gasteiger partial charge is 0.333 e. The predicted molar refractivity (Wildman–Crippen MR) is 99.2 cm³/mol. The van der Waals surface area contributed by atoms with Crippen LogP contribution in [0.3, 0.4) is 0 Å². The summed E-state index contributed by atoms with van der Waals surface area (Å²) < 4.78 is 32.1. The number of sulfonamides is 1. The number of carbonyl (C=O) groups is 1. The first kappa shape index (κ1) is 18.1. The molecule has 1 aromatic heterocycles. The normalized spacial score (nSPS) is 15.5. The molecule has 2 aliphatic rings. The minimum absolute atomic E-state index is 0.303. The number of urea groups is 1. The molecule has 0 spiro atoms. The number of aliphatic hydroxyl groups is 1. The Bertz CT molecular complexity index is 991. The lowest BCUT2D eigenvalue weighted by molar-refractivity contribution is 0.256. The Morgan fingerprint density at radius 1 is 1.11 bits per heavy atom. The fourth-order valence-electron chi connectivity index (χ4n) is 4.06. The molecule has 0 fully saturated rings. The van der Waals surface area contributed by atoms with Gasteiger partial charge in [-0.15, -0.1) is 0 Å². The molecule has 27 heavy (non-hydrogen) atoms. The lowest BCUT2D eigenvalue weighted by Crippen LogP contribution is -2.34. The van der Waals surface area contributed by atoms with Gasteiger partial charge in [-0.05, 0) is 67.7 Å². The zero-order chi connectivity index (χ0) is 19.2. The van der Waals surface area contributed by atoms with Crippen molar-refractivity contribution in [2.24, 2.45) is 0 Å². The van der Waals surface area contributed by atoms with Crippen LogP contribution in [-0.4, -0.2) is 19.6 Å². The fourth-order valence-corrected chi connectivity index (χ4v) is 4.99. The Morgan fingerprint density at radius 2 is 1.74 bits per heavy atom. The minimum atomic E-state index is -4.16. The Labute approximate surface area is 157 Å². The van der Waals surface area contributed by atoms with Crippen molar-refractivity contribution < 1.29 is 22.7 Å². The standard InChI is InChI=1S/C19H22N2O5S/c1-11-14(10-22)9-17(26-11)27(24,25)21-19(23)20-18-15-6-2-4-12(15)8-13-5-3-7-16(13)18/h8-9,22H,2-7,10H2,1H3,(H2,20,21,23). The zero-order valence-corrected chi connectivity index (χ0v) is 15.9. The average molecular weight is 390 g/mol. The third kappa shape index (κ3) is 3.23. The number of hydrogen-bond donors (Lipinski definition) is 3. The van der Waals surface area contributed by atoms with Gasteiger partial charge in [-0.2, -0.15) is 8.42 Å². The Balaban J connectivity index is 1.58. The third-order valence-corrected chi connectivity index (χ3v) is 6.56. The summed E-state index contributed by atoms with van der Waals surface area (Å²) in [6.45, 7) is 1.22. The molecule has 0 saturated heterocycles. The van der Waals surface area contributed by atoms with Gasteiger partial charge in [0, 0.05) is 17.3 Å². The second-order valence-corrected chi connectivity index (χ2v) is 8.71. The summed E-state index contributed by atoms with van der Waals surface area (Å²) in [7, 11) is -4.16. The van der Waals surface area contributed by atoms with E-state index in [0.717, 1.165) is 55.3 Å². The summed E-state index contributed by atoms with van der Waals surface area (Å²) in [6, 6.07) is 2.67. The molecule has 2 aromatic rings. The van der Waals surface area contributed by atoms with E-state index in [1.54, 1.807) is 6.92 Å². The van der Waals surface area contributed by atoms with Gasteiger partial charge >= 0.3 is 6.03 Å². The van der Waals surface area contributed by atoms with Crippen LogP contribution in [0, 0.1) is 6.92 Å². The van der Waals surface area contributed by atoms with Crippen LogP contribution in [0.2, 0.25) is 0 Å². The maximum absolute atomic E-state index is 12.5. The lowest BCUT2D eigenvalue weighted by atomic mass is 9.99. The first-order valence-electron chi connectivity index (χ1n) is 9.09. The molecule has 3 N–H and O–H groups in total. The van der Waals surface area contributed by atoms with E-state index in [-0.39, 0.29) is 11.7 Å². The minimum Gasteiger partial charge on any atom is -0.448 e. The fraction of sp³-hybridized carbons (Fsp3) is 0.421. The van der Waals surface area contributed by atoms with Crippen molar-refractivity contribution >= 4 is 21.7 Å². The molecule has 7 nitrogen and oxygen atoms in total. The number of nitrogens with one attached hydrogen (secondary N) is 2. The van der Waals surface area contributed by atoms with Crippen molar-refractivity contribution in [1.29, 1.82) is 0 Å². The van der Waals surface area contributed by atoms with E-state index in [1.165, 1.54) is 17.2 Å². The topological polar surface area (TPSA) is 109 Å².